The molecule has 0 amide bonds. The number of aryl methyl sites for hydroxylation is 1. The molecule has 0 saturated heterocycles. The number of rotatable bonds is 6. The molecule has 168 valence electrons. The van der Waals surface area contributed by atoms with Gasteiger partial charge in [-0.25, -0.2) is 4.98 Å². The largest absolute Gasteiger partial charge is 0.497 e. The van der Waals surface area contributed by atoms with E-state index in [1.807, 2.05) is 49.4 Å². The highest BCUT2D eigenvalue weighted by Crippen LogP contribution is 2.37. The van der Waals surface area contributed by atoms with Crippen molar-refractivity contribution in [1.82, 2.24) is 9.88 Å². The number of aromatic nitrogens is 1. The van der Waals surface area contributed by atoms with Crippen LogP contribution in [0.5, 0.6) is 11.5 Å². The first-order valence-electron chi connectivity index (χ1n) is 10.7. The molecule has 0 radical (unpaired) electrons. The number of hydrogen-bond donors (Lipinski definition) is 0. The zero-order chi connectivity index (χ0) is 23.4. The van der Waals surface area contributed by atoms with E-state index >= 15 is 0 Å². The average Bonchev–Trinajstić information content (AvgIpc) is 2.83. The molecule has 1 aromatic heterocycles. The molecule has 3 aromatic rings. The maximum Gasteiger partial charge on any atom is 0.321 e. The number of fused-ring (bicyclic) bond motifs is 1. The molecule has 33 heavy (non-hydrogen) atoms. The number of benzene rings is 2. The highest BCUT2D eigenvalue weighted by Gasteiger charge is 2.25. The van der Waals surface area contributed by atoms with Gasteiger partial charge >= 0.3 is 5.97 Å². The minimum absolute atomic E-state index is 0.0662. The third kappa shape index (κ3) is 5.03. The van der Waals surface area contributed by atoms with Gasteiger partial charge in [0.05, 0.1) is 18.4 Å². The number of nitrogens with zero attached hydrogens (tertiary/aromatic N) is 3. The molecule has 4 rings (SSSR count). The number of carbonyl (C=O) groups excluding carboxylic acids is 1. The number of pyridine rings is 1. The fraction of sp³-hybridized carbons (Fsp3) is 0.269. The van der Waals surface area contributed by atoms with Gasteiger partial charge in [-0.1, -0.05) is 42.1 Å². The fourth-order valence-electron chi connectivity index (χ4n) is 3.91. The molecule has 1 aliphatic heterocycles. The van der Waals surface area contributed by atoms with Crippen molar-refractivity contribution in [2.75, 3.05) is 26.5 Å². The molecule has 0 spiro atoms. The Morgan fingerprint density at radius 2 is 1.97 bits per heavy atom. The molecule has 0 unspecified atom stereocenters. The van der Waals surface area contributed by atoms with Crippen molar-refractivity contribution in [1.29, 1.82) is 5.26 Å². The molecule has 0 aliphatic carbocycles. The van der Waals surface area contributed by atoms with E-state index in [1.165, 1.54) is 11.8 Å². The smallest absolute Gasteiger partial charge is 0.321 e. The van der Waals surface area contributed by atoms with Gasteiger partial charge in [-0.05, 0) is 48.9 Å². The molecule has 0 fully saturated rings. The molecule has 1 aliphatic rings. The van der Waals surface area contributed by atoms with Crippen LogP contribution < -0.4 is 9.47 Å². The number of esters is 1. The molecule has 0 N–H and O–H groups in total. The van der Waals surface area contributed by atoms with E-state index in [1.54, 1.807) is 13.2 Å². The van der Waals surface area contributed by atoms with Gasteiger partial charge in [0.15, 0.2) is 0 Å². The van der Waals surface area contributed by atoms with Crippen molar-refractivity contribution < 1.29 is 14.3 Å². The third-order valence-electron chi connectivity index (χ3n) is 5.64. The van der Waals surface area contributed by atoms with E-state index in [2.05, 4.69) is 18.0 Å². The quantitative estimate of drug-likeness (QED) is 0.302. The normalized spacial score (nSPS) is 13.2. The fourth-order valence-corrected chi connectivity index (χ4v) is 4.69. The number of ether oxygens (including phenoxy) is 2. The third-order valence-corrected chi connectivity index (χ3v) is 6.59. The van der Waals surface area contributed by atoms with Crippen LogP contribution in [0, 0.1) is 18.3 Å². The van der Waals surface area contributed by atoms with E-state index in [4.69, 9.17) is 14.5 Å². The molecule has 7 heteroatoms. The second-order valence-corrected chi connectivity index (χ2v) is 8.91. The summed E-state index contributed by atoms with van der Waals surface area (Å²) in [5, 5.41) is 10.7. The van der Waals surface area contributed by atoms with Crippen molar-refractivity contribution in [3.63, 3.8) is 0 Å². The predicted molar refractivity (Wildman–Crippen MR) is 129 cm³/mol. The van der Waals surface area contributed by atoms with Gasteiger partial charge in [0.1, 0.15) is 22.6 Å². The summed E-state index contributed by atoms with van der Waals surface area (Å²) in [6, 6.07) is 17.5. The molecule has 2 heterocycles. The lowest BCUT2D eigenvalue weighted by atomic mass is 9.92. The predicted octanol–water partition coefficient (Wildman–Crippen LogP) is 4.62. The Labute approximate surface area is 198 Å². The van der Waals surface area contributed by atoms with Crippen LogP contribution >= 0.6 is 11.8 Å². The first-order valence-corrected chi connectivity index (χ1v) is 11.7. The van der Waals surface area contributed by atoms with Gasteiger partial charge in [-0.15, -0.1) is 0 Å². The van der Waals surface area contributed by atoms with Crippen molar-refractivity contribution in [2.24, 2.45) is 0 Å². The summed E-state index contributed by atoms with van der Waals surface area (Å²) in [5.41, 5.74) is 5.25. The summed E-state index contributed by atoms with van der Waals surface area (Å²) in [6.07, 6.45) is 0.794. The lowest BCUT2D eigenvalue weighted by Gasteiger charge is -2.28. The Hall–Kier alpha value is -3.34. The van der Waals surface area contributed by atoms with Crippen LogP contribution in [0.3, 0.4) is 0 Å². The maximum absolute atomic E-state index is 12.5. The van der Waals surface area contributed by atoms with E-state index < -0.39 is 0 Å². The van der Waals surface area contributed by atoms with Crippen molar-refractivity contribution in [2.45, 2.75) is 24.9 Å². The lowest BCUT2D eigenvalue weighted by Crippen LogP contribution is -2.28. The Morgan fingerprint density at radius 1 is 1.21 bits per heavy atom. The number of likely N-dealkylation sites (N-methyl/N-ethyl adjacent to an activating group) is 1. The zero-order valence-electron chi connectivity index (χ0n) is 18.9. The topological polar surface area (TPSA) is 75.4 Å². The summed E-state index contributed by atoms with van der Waals surface area (Å²) in [4.78, 5) is 19.6. The number of nitriles is 1. The van der Waals surface area contributed by atoms with Crippen molar-refractivity contribution >= 4 is 17.7 Å². The monoisotopic (exact) mass is 459 g/mol. The first-order chi connectivity index (χ1) is 16.0. The average molecular weight is 460 g/mol. The van der Waals surface area contributed by atoms with Crippen molar-refractivity contribution in [3.05, 3.63) is 70.9 Å². The Bertz CT molecular complexity index is 1220. The molecule has 0 atom stereocenters. The summed E-state index contributed by atoms with van der Waals surface area (Å²) in [7, 11) is 3.70. The molecule has 0 bridgehead atoms. The van der Waals surface area contributed by atoms with Crippen LogP contribution in [0.2, 0.25) is 0 Å². The molecular formula is C26H25N3O3S. The molecular weight excluding hydrogens is 434 g/mol. The molecule has 0 saturated carbocycles. The van der Waals surface area contributed by atoms with Gasteiger partial charge < -0.3 is 14.4 Å². The number of carbonyl (C=O) groups is 1. The van der Waals surface area contributed by atoms with Crippen LogP contribution in [-0.4, -0.2) is 42.3 Å². The molecule has 6 nitrogen and oxygen atoms in total. The Balaban J connectivity index is 1.67. The highest BCUT2D eigenvalue weighted by molar-refractivity contribution is 7.99. The number of para-hydroxylation sites is 1. The van der Waals surface area contributed by atoms with E-state index in [9.17, 15) is 10.1 Å². The van der Waals surface area contributed by atoms with Crippen LogP contribution in [-0.2, 0) is 17.8 Å². The van der Waals surface area contributed by atoms with Gasteiger partial charge in [-0.3, -0.25) is 4.79 Å². The Kier molecular flexibility index (Phi) is 6.97. The van der Waals surface area contributed by atoms with Gasteiger partial charge in [0, 0.05) is 30.8 Å². The number of hydrogen-bond acceptors (Lipinski definition) is 7. The molecule has 2 aromatic carbocycles. The maximum atomic E-state index is 12.5. The van der Waals surface area contributed by atoms with Crippen LogP contribution in [0.15, 0.2) is 53.6 Å². The number of methoxy groups -OCH3 is 1. The number of thioether (sulfide) groups is 1. The lowest BCUT2D eigenvalue weighted by molar-refractivity contribution is -0.131. The Morgan fingerprint density at radius 3 is 2.67 bits per heavy atom. The summed E-state index contributed by atoms with van der Waals surface area (Å²) >= 11 is 1.25. The van der Waals surface area contributed by atoms with E-state index in [0.29, 0.717) is 16.3 Å². The summed E-state index contributed by atoms with van der Waals surface area (Å²) < 4.78 is 10.8. The summed E-state index contributed by atoms with van der Waals surface area (Å²) in [5.74, 6) is 0.995. The van der Waals surface area contributed by atoms with Gasteiger partial charge in [0.25, 0.3) is 0 Å². The van der Waals surface area contributed by atoms with Crippen LogP contribution in [0.25, 0.3) is 11.1 Å². The second-order valence-electron chi connectivity index (χ2n) is 7.95. The highest BCUT2D eigenvalue weighted by atomic mass is 32.2. The first kappa shape index (κ1) is 22.8. The van der Waals surface area contributed by atoms with Crippen LogP contribution in [0.1, 0.15) is 22.4 Å². The van der Waals surface area contributed by atoms with Gasteiger partial charge in [0.2, 0.25) is 0 Å². The zero-order valence-corrected chi connectivity index (χ0v) is 19.7. The van der Waals surface area contributed by atoms with Gasteiger partial charge in [-0.2, -0.15) is 5.26 Å². The second kappa shape index (κ2) is 10.1. The standard InChI is InChI=1S/C26H25N3O3S/c1-17-6-4-5-7-23(17)32-24(30)16-33-26-20(14-27)25(18-8-10-19(31-3)11-9-18)21-15-29(2)13-12-22(21)28-26/h4-11H,12-13,15-16H2,1-3H3. The van der Waals surface area contributed by atoms with E-state index in [-0.39, 0.29) is 11.7 Å². The van der Waals surface area contributed by atoms with E-state index in [0.717, 1.165) is 53.2 Å². The van der Waals surface area contributed by atoms with Crippen LogP contribution in [0.4, 0.5) is 0 Å². The summed E-state index contributed by atoms with van der Waals surface area (Å²) in [6.45, 7) is 3.51. The minimum atomic E-state index is -0.372. The SMILES string of the molecule is COc1ccc(-c2c(C#N)c(SCC(=O)Oc3ccccc3C)nc3c2CN(C)CC3)cc1. The van der Waals surface area contributed by atoms with Crippen molar-refractivity contribution in [3.8, 4) is 28.7 Å². The minimum Gasteiger partial charge on any atom is -0.497 e.